The summed E-state index contributed by atoms with van der Waals surface area (Å²) < 4.78 is 5.30. The topological polar surface area (TPSA) is 78.9 Å². The van der Waals surface area contributed by atoms with Gasteiger partial charge in [-0.25, -0.2) is 9.59 Å². The SMILES string of the molecule is CC1(OCC(=O)O)CN(C(=O)NC2CCCCCC2)C1. The lowest BCUT2D eigenvalue weighted by atomic mass is 9.97. The van der Waals surface area contributed by atoms with Crippen molar-refractivity contribution in [2.24, 2.45) is 0 Å². The van der Waals surface area contributed by atoms with Crippen LogP contribution in [0.25, 0.3) is 0 Å². The highest BCUT2D eigenvalue weighted by Crippen LogP contribution is 2.25. The molecule has 2 amide bonds. The van der Waals surface area contributed by atoms with E-state index in [0.717, 1.165) is 12.8 Å². The Kier molecular flexibility index (Phi) is 4.86. The molecule has 0 unspecified atom stereocenters. The molecule has 6 heteroatoms. The number of carboxylic acid groups (broad SMARTS) is 1. The number of likely N-dealkylation sites (tertiary alicyclic amines) is 1. The zero-order chi connectivity index (χ0) is 14.6. The molecule has 0 aromatic rings. The summed E-state index contributed by atoms with van der Waals surface area (Å²) in [5.74, 6) is -0.979. The van der Waals surface area contributed by atoms with Gasteiger partial charge in [0.15, 0.2) is 0 Å². The number of urea groups is 1. The second kappa shape index (κ2) is 6.43. The molecule has 1 heterocycles. The first-order valence-corrected chi connectivity index (χ1v) is 7.40. The van der Waals surface area contributed by atoms with Gasteiger partial charge in [0.05, 0.1) is 13.1 Å². The standard InChI is InChI=1S/C14H24N2O4/c1-14(20-8-12(17)18)9-16(10-14)13(19)15-11-6-4-2-3-5-7-11/h11H,2-10H2,1H3,(H,15,19)(H,17,18). The Bertz CT molecular complexity index is 358. The Hall–Kier alpha value is -1.30. The van der Waals surface area contributed by atoms with E-state index in [0.29, 0.717) is 13.1 Å². The first-order chi connectivity index (χ1) is 9.48. The van der Waals surface area contributed by atoms with E-state index in [1.165, 1.54) is 25.7 Å². The molecule has 2 aliphatic rings. The Morgan fingerprint density at radius 1 is 1.25 bits per heavy atom. The summed E-state index contributed by atoms with van der Waals surface area (Å²) in [7, 11) is 0. The lowest BCUT2D eigenvalue weighted by Crippen LogP contribution is -2.65. The maximum atomic E-state index is 12.1. The first-order valence-electron chi connectivity index (χ1n) is 7.40. The molecule has 114 valence electrons. The van der Waals surface area contributed by atoms with Gasteiger partial charge in [-0.15, -0.1) is 0 Å². The minimum atomic E-state index is -0.979. The number of hydrogen-bond acceptors (Lipinski definition) is 3. The highest BCUT2D eigenvalue weighted by atomic mass is 16.5. The van der Waals surface area contributed by atoms with Crippen LogP contribution >= 0.6 is 0 Å². The molecule has 2 fully saturated rings. The van der Waals surface area contributed by atoms with Crippen molar-refractivity contribution < 1.29 is 19.4 Å². The summed E-state index contributed by atoms with van der Waals surface area (Å²) >= 11 is 0. The molecule has 2 rings (SSSR count). The Balaban J connectivity index is 1.71. The lowest BCUT2D eigenvalue weighted by molar-refractivity contribution is -0.159. The summed E-state index contributed by atoms with van der Waals surface area (Å²) in [5, 5.41) is 11.7. The van der Waals surface area contributed by atoms with Crippen molar-refractivity contribution in [3.8, 4) is 0 Å². The van der Waals surface area contributed by atoms with Crippen molar-refractivity contribution in [3.05, 3.63) is 0 Å². The molecule has 0 radical (unpaired) electrons. The number of carbonyl (C=O) groups is 2. The first kappa shape index (κ1) is 15.1. The van der Waals surface area contributed by atoms with Crippen molar-refractivity contribution in [1.29, 1.82) is 0 Å². The van der Waals surface area contributed by atoms with Crippen molar-refractivity contribution in [2.75, 3.05) is 19.7 Å². The smallest absolute Gasteiger partial charge is 0.329 e. The maximum Gasteiger partial charge on any atom is 0.329 e. The van der Waals surface area contributed by atoms with E-state index in [1.807, 2.05) is 6.92 Å². The Morgan fingerprint density at radius 3 is 2.40 bits per heavy atom. The minimum Gasteiger partial charge on any atom is -0.480 e. The van der Waals surface area contributed by atoms with Crippen LogP contribution in [0, 0.1) is 0 Å². The number of amides is 2. The van der Waals surface area contributed by atoms with E-state index < -0.39 is 11.6 Å². The van der Waals surface area contributed by atoms with E-state index >= 15 is 0 Å². The number of nitrogens with one attached hydrogen (secondary N) is 1. The Morgan fingerprint density at radius 2 is 1.85 bits per heavy atom. The second-order valence-corrected chi connectivity index (χ2v) is 6.13. The fourth-order valence-electron chi connectivity index (χ4n) is 2.92. The third-order valence-electron chi connectivity index (χ3n) is 4.06. The summed E-state index contributed by atoms with van der Waals surface area (Å²) in [4.78, 5) is 24.2. The van der Waals surface area contributed by atoms with Crippen LogP contribution in [0.15, 0.2) is 0 Å². The molecule has 1 aliphatic carbocycles. The Labute approximate surface area is 119 Å². The second-order valence-electron chi connectivity index (χ2n) is 6.13. The van der Waals surface area contributed by atoms with Crippen molar-refractivity contribution in [1.82, 2.24) is 10.2 Å². The van der Waals surface area contributed by atoms with Gasteiger partial charge in [-0.3, -0.25) is 0 Å². The number of rotatable bonds is 4. The van der Waals surface area contributed by atoms with Gasteiger partial charge in [0.25, 0.3) is 0 Å². The number of aliphatic carboxylic acids is 1. The monoisotopic (exact) mass is 284 g/mol. The van der Waals surface area contributed by atoms with Gasteiger partial charge in [0.2, 0.25) is 0 Å². The number of nitrogens with zero attached hydrogens (tertiary/aromatic N) is 1. The van der Waals surface area contributed by atoms with E-state index in [4.69, 9.17) is 9.84 Å². The highest BCUT2D eigenvalue weighted by Gasteiger charge is 2.43. The molecule has 6 nitrogen and oxygen atoms in total. The van der Waals surface area contributed by atoms with Crippen LogP contribution in [-0.2, 0) is 9.53 Å². The predicted octanol–water partition coefficient (Wildman–Crippen LogP) is 1.59. The summed E-state index contributed by atoms with van der Waals surface area (Å²) in [6, 6.07) is 0.241. The number of hydrogen-bond donors (Lipinski definition) is 2. The minimum absolute atomic E-state index is 0.0479. The van der Waals surface area contributed by atoms with E-state index in [2.05, 4.69) is 5.32 Å². The molecular weight excluding hydrogens is 260 g/mol. The van der Waals surface area contributed by atoms with Gasteiger partial charge in [-0.2, -0.15) is 0 Å². The largest absolute Gasteiger partial charge is 0.480 e. The molecule has 0 spiro atoms. The maximum absolute atomic E-state index is 12.1. The number of ether oxygens (including phenoxy) is 1. The van der Waals surface area contributed by atoms with Crippen LogP contribution < -0.4 is 5.32 Å². The average Bonchev–Trinajstić information content (AvgIpc) is 2.61. The summed E-state index contributed by atoms with van der Waals surface area (Å²) in [6.07, 6.45) is 7.02. The molecular formula is C14H24N2O4. The van der Waals surface area contributed by atoms with Crippen LogP contribution in [0.2, 0.25) is 0 Å². The molecule has 0 atom stereocenters. The zero-order valence-electron chi connectivity index (χ0n) is 12.1. The predicted molar refractivity (Wildman–Crippen MR) is 73.6 cm³/mol. The average molecular weight is 284 g/mol. The van der Waals surface area contributed by atoms with Crippen molar-refractivity contribution in [3.63, 3.8) is 0 Å². The molecule has 0 bridgehead atoms. The molecule has 20 heavy (non-hydrogen) atoms. The quantitative estimate of drug-likeness (QED) is 0.768. The molecule has 1 saturated heterocycles. The van der Waals surface area contributed by atoms with Crippen molar-refractivity contribution >= 4 is 12.0 Å². The summed E-state index contributed by atoms with van der Waals surface area (Å²) in [5.41, 5.74) is -0.515. The molecule has 0 aromatic carbocycles. The van der Waals surface area contributed by atoms with Crippen LogP contribution in [0.1, 0.15) is 45.4 Å². The van der Waals surface area contributed by atoms with Gasteiger partial charge >= 0.3 is 12.0 Å². The van der Waals surface area contributed by atoms with Gasteiger partial charge in [-0.1, -0.05) is 25.7 Å². The zero-order valence-corrected chi connectivity index (χ0v) is 12.1. The number of carbonyl (C=O) groups excluding carboxylic acids is 1. The van der Waals surface area contributed by atoms with E-state index in [1.54, 1.807) is 4.90 Å². The molecule has 1 aliphatic heterocycles. The molecule has 2 N–H and O–H groups in total. The van der Waals surface area contributed by atoms with Crippen LogP contribution in [0.4, 0.5) is 4.79 Å². The highest BCUT2D eigenvalue weighted by molar-refractivity contribution is 5.76. The molecule has 0 aromatic heterocycles. The third-order valence-corrected chi connectivity index (χ3v) is 4.06. The summed E-state index contributed by atoms with van der Waals surface area (Å²) in [6.45, 7) is 2.44. The third kappa shape index (κ3) is 4.10. The van der Waals surface area contributed by atoms with E-state index in [9.17, 15) is 9.59 Å². The van der Waals surface area contributed by atoms with E-state index in [-0.39, 0.29) is 18.7 Å². The fraction of sp³-hybridized carbons (Fsp3) is 0.857. The van der Waals surface area contributed by atoms with Crippen LogP contribution in [0.5, 0.6) is 0 Å². The van der Waals surface area contributed by atoms with Crippen LogP contribution in [-0.4, -0.2) is 53.3 Å². The van der Waals surface area contributed by atoms with Gasteiger partial charge in [-0.05, 0) is 19.8 Å². The number of carboxylic acids is 1. The van der Waals surface area contributed by atoms with Crippen LogP contribution in [0.3, 0.4) is 0 Å². The van der Waals surface area contributed by atoms with Gasteiger partial charge in [0.1, 0.15) is 12.2 Å². The lowest BCUT2D eigenvalue weighted by Gasteiger charge is -2.47. The normalized spacial score (nSPS) is 22.8. The van der Waals surface area contributed by atoms with Gasteiger partial charge in [0, 0.05) is 6.04 Å². The fourth-order valence-corrected chi connectivity index (χ4v) is 2.92. The molecule has 1 saturated carbocycles. The van der Waals surface area contributed by atoms with Gasteiger partial charge < -0.3 is 20.1 Å². The van der Waals surface area contributed by atoms with Crippen molar-refractivity contribution in [2.45, 2.75) is 57.1 Å².